The topological polar surface area (TPSA) is 81.8 Å². The van der Waals surface area contributed by atoms with Crippen molar-refractivity contribution >= 4 is 16.8 Å². The number of hydrogen-bond acceptors (Lipinski definition) is 3. The number of furan rings is 1. The number of hydrogen-bond donors (Lipinski definition) is 2. The average Bonchev–Trinajstić information content (AvgIpc) is 3.23. The first-order valence-corrected chi connectivity index (χ1v) is 7.24. The van der Waals surface area contributed by atoms with Crippen LogP contribution in [0.2, 0.25) is 0 Å². The second kappa shape index (κ2) is 6.67. The number of H-pyrrole nitrogens is 1. The summed E-state index contributed by atoms with van der Waals surface area (Å²) in [6.45, 7) is 0.262. The molecule has 0 unspecified atom stereocenters. The molecule has 2 heterocycles. The standard InChI is InChI=1S/C18H15N3O2/c19-10-13(18(22)21-12-15-4-3-9-23-15)7-8-14-11-20-17-6-2-1-5-16(14)17/h1-7,9,11,20H,8,12H2,(H,21,22)/b13-7+. The Morgan fingerprint density at radius 3 is 2.96 bits per heavy atom. The molecule has 0 aliphatic rings. The number of nitriles is 1. The molecule has 114 valence electrons. The molecule has 0 radical (unpaired) electrons. The summed E-state index contributed by atoms with van der Waals surface area (Å²) in [5, 5.41) is 13.0. The van der Waals surface area contributed by atoms with Crippen LogP contribution in [0.1, 0.15) is 11.3 Å². The van der Waals surface area contributed by atoms with Gasteiger partial charge in [-0.15, -0.1) is 0 Å². The van der Waals surface area contributed by atoms with Gasteiger partial charge < -0.3 is 14.7 Å². The van der Waals surface area contributed by atoms with E-state index in [0.29, 0.717) is 12.2 Å². The first kappa shape index (κ1) is 14.7. The number of carbonyl (C=O) groups is 1. The summed E-state index contributed by atoms with van der Waals surface area (Å²) in [5.41, 5.74) is 2.19. The Bertz CT molecular complexity index is 883. The summed E-state index contributed by atoms with van der Waals surface area (Å²) in [7, 11) is 0. The normalized spacial score (nSPS) is 11.3. The molecule has 0 spiro atoms. The van der Waals surface area contributed by atoms with E-state index >= 15 is 0 Å². The number of aromatic amines is 1. The van der Waals surface area contributed by atoms with Crippen LogP contribution in [0.15, 0.2) is 64.9 Å². The van der Waals surface area contributed by atoms with Crippen LogP contribution >= 0.6 is 0 Å². The zero-order valence-corrected chi connectivity index (χ0v) is 12.4. The Morgan fingerprint density at radius 1 is 1.30 bits per heavy atom. The number of para-hydroxylation sites is 1. The lowest BCUT2D eigenvalue weighted by molar-refractivity contribution is -0.117. The van der Waals surface area contributed by atoms with E-state index in [9.17, 15) is 10.1 Å². The highest BCUT2D eigenvalue weighted by molar-refractivity contribution is 5.97. The third-order valence-electron chi connectivity index (χ3n) is 3.57. The number of carbonyl (C=O) groups excluding carboxylic acids is 1. The Morgan fingerprint density at radius 2 is 2.17 bits per heavy atom. The van der Waals surface area contributed by atoms with Gasteiger partial charge in [-0.05, 0) is 30.2 Å². The van der Waals surface area contributed by atoms with Crippen molar-refractivity contribution < 1.29 is 9.21 Å². The highest BCUT2D eigenvalue weighted by Crippen LogP contribution is 2.18. The van der Waals surface area contributed by atoms with Crippen LogP contribution in [0, 0.1) is 11.3 Å². The fourth-order valence-corrected chi connectivity index (χ4v) is 2.38. The molecule has 5 heteroatoms. The van der Waals surface area contributed by atoms with Gasteiger partial charge in [-0.1, -0.05) is 24.3 Å². The van der Waals surface area contributed by atoms with Gasteiger partial charge in [0, 0.05) is 17.1 Å². The predicted octanol–water partition coefficient (Wildman–Crippen LogP) is 3.07. The minimum atomic E-state index is -0.399. The number of nitrogens with one attached hydrogen (secondary N) is 2. The zero-order chi connectivity index (χ0) is 16.1. The summed E-state index contributed by atoms with van der Waals surface area (Å²) in [5.74, 6) is 0.246. The maximum absolute atomic E-state index is 12.0. The quantitative estimate of drug-likeness (QED) is 0.561. The summed E-state index contributed by atoms with van der Waals surface area (Å²) in [6.07, 6.45) is 5.60. The van der Waals surface area contributed by atoms with E-state index in [4.69, 9.17) is 4.42 Å². The zero-order valence-electron chi connectivity index (χ0n) is 12.4. The number of allylic oxidation sites excluding steroid dienone is 1. The Labute approximate surface area is 133 Å². The Hall–Kier alpha value is -3.26. The van der Waals surface area contributed by atoms with Crippen molar-refractivity contribution in [2.24, 2.45) is 0 Å². The highest BCUT2D eigenvalue weighted by atomic mass is 16.3. The molecule has 2 N–H and O–H groups in total. The fraction of sp³-hybridized carbons (Fsp3) is 0.111. The molecule has 0 saturated carbocycles. The van der Waals surface area contributed by atoms with Gasteiger partial charge in [0.15, 0.2) is 0 Å². The molecule has 3 rings (SSSR count). The molecule has 1 aromatic carbocycles. The van der Waals surface area contributed by atoms with E-state index in [0.717, 1.165) is 16.5 Å². The van der Waals surface area contributed by atoms with E-state index in [1.165, 1.54) is 0 Å². The molecule has 0 aliphatic carbocycles. The average molecular weight is 305 g/mol. The number of amides is 1. The molecule has 0 aliphatic heterocycles. The molecule has 3 aromatic rings. The molecule has 0 saturated heterocycles. The van der Waals surface area contributed by atoms with Crippen molar-refractivity contribution in [2.45, 2.75) is 13.0 Å². The lowest BCUT2D eigenvalue weighted by Crippen LogP contribution is -2.23. The van der Waals surface area contributed by atoms with Crippen LogP contribution in [-0.4, -0.2) is 10.9 Å². The lowest BCUT2D eigenvalue weighted by atomic mass is 10.1. The van der Waals surface area contributed by atoms with Gasteiger partial charge in [0.2, 0.25) is 0 Å². The SMILES string of the molecule is N#C/C(=C\Cc1c[nH]c2ccccc12)C(=O)NCc1ccco1. The molecule has 1 amide bonds. The molecular weight excluding hydrogens is 290 g/mol. The van der Waals surface area contributed by atoms with Crippen molar-refractivity contribution in [1.29, 1.82) is 5.26 Å². The number of rotatable bonds is 5. The van der Waals surface area contributed by atoms with E-state index in [1.54, 1.807) is 24.5 Å². The van der Waals surface area contributed by atoms with Gasteiger partial charge in [0.25, 0.3) is 5.91 Å². The lowest BCUT2D eigenvalue weighted by Gasteiger charge is -2.02. The fourth-order valence-electron chi connectivity index (χ4n) is 2.38. The van der Waals surface area contributed by atoms with Crippen molar-refractivity contribution in [3.8, 4) is 6.07 Å². The number of nitrogens with zero attached hydrogens (tertiary/aromatic N) is 1. The molecule has 2 aromatic heterocycles. The summed E-state index contributed by atoms with van der Waals surface area (Å²) in [4.78, 5) is 15.2. The number of aromatic nitrogens is 1. The second-order valence-corrected chi connectivity index (χ2v) is 5.06. The van der Waals surface area contributed by atoms with Gasteiger partial charge in [-0.25, -0.2) is 0 Å². The van der Waals surface area contributed by atoms with Gasteiger partial charge in [-0.2, -0.15) is 5.26 Å². The van der Waals surface area contributed by atoms with Crippen LogP contribution in [0.4, 0.5) is 0 Å². The van der Waals surface area contributed by atoms with Crippen molar-refractivity contribution in [1.82, 2.24) is 10.3 Å². The Balaban J connectivity index is 1.69. The van der Waals surface area contributed by atoms with E-state index < -0.39 is 5.91 Å². The molecule has 0 bridgehead atoms. The second-order valence-electron chi connectivity index (χ2n) is 5.06. The van der Waals surface area contributed by atoms with Gasteiger partial charge in [0.05, 0.1) is 12.8 Å². The van der Waals surface area contributed by atoms with Crippen LogP contribution in [0.25, 0.3) is 10.9 Å². The highest BCUT2D eigenvalue weighted by Gasteiger charge is 2.10. The van der Waals surface area contributed by atoms with Gasteiger partial charge in [0.1, 0.15) is 17.4 Å². The van der Waals surface area contributed by atoms with E-state index in [-0.39, 0.29) is 12.1 Å². The Kier molecular flexibility index (Phi) is 4.25. The minimum absolute atomic E-state index is 0.0989. The summed E-state index contributed by atoms with van der Waals surface area (Å²) >= 11 is 0. The third-order valence-corrected chi connectivity index (χ3v) is 3.57. The van der Waals surface area contributed by atoms with Gasteiger partial charge >= 0.3 is 0 Å². The predicted molar refractivity (Wildman–Crippen MR) is 86.3 cm³/mol. The van der Waals surface area contributed by atoms with Crippen molar-refractivity contribution in [2.75, 3.05) is 0 Å². The first-order chi connectivity index (χ1) is 11.3. The maximum Gasteiger partial charge on any atom is 0.261 e. The monoisotopic (exact) mass is 305 g/mol. The van der Waals surface area contributed by atoms with Crippen LogP contribution in [-0.2, 0) is 17.8 Å². The molecule has 23 heavy (non-hydrogen) atoms. The number of benzene rings is 1. The van der Waals surface area contributed by atoms with Crippen molar-refractivity contribution in [3.63, 3.8) is 0 Å². The van der Waals surface area contributed by atoms with Gasteiger partial charge in [-0.3, -0.25) is 4.79 Å². The van der Waals surface area contributed by atoms with E-state index in [1.807, 2.05) is 36.5 Å². The minimum Gasteiger partial charge on any atom is -0.467 e. The largest absolute Gasteiger partial charge is 0.467 e. The molecule has 0 atom stereocenters. The van der Waals surface area contributed by atoms with E-state index in [2.05, 4.69) is 10.3 Å². The maximum atomic E-state index is 12.0. The first-order valence-electron chi connectivity index (χ1n) is 7.24. The molecule has 0 fully saturated rings. The molecule has 5 nitrogen and oxygen atoms in total. The van der Waals surface area contributed by atoms with Crippen LogP contribution in [0.5, 0.6) is 0 Å². The van der Waals surface area contributed by atoms with Crippen molar-refractivity contribution in [3.05, 3.63) is 71.8 Å². The van der Waals surface area contributed by atoms with Crippen LogP contribution < -0.4 is 5.32 Å². The third kappa shape index (κ3) is 3.33. The molecular formula is C18H15N3O2. The summed E-state index contributed by atoms with van der Waals surface area (Å²) < 4.78 is 5.14. The smallest absolute Gasteiger partial charge is 0.261 e. The van der Waals surface area contributed by atoms with Crippen LogP contribution in [0.3, 0.4) is 0 Å². The number of fused-ring (bicyclic) bond motifs is 1. The summed E-state index contributed by atoms with van der Waals surface area (Å²) in [6, 6.07) is 13.4.